The van der Waals surface area contributed by atoms with Crippen molar-refractivity contribution in [3.05, 3.63) is 23.8 Å². The molecule has 0 radical (unpaired) electrons. The molecule has 1 aromatic carbocycles. The standard InChI is InChI=1S/C14H18N2O4/c1-10-4-5-12(19-2)11(8-10)15-13(17)9-16-6-3-7-20-14(16)18/h4-5,8H,3,6-7,9H2,1-2H3,(H,15,17). The molecule has 1 heterocycles. The third-order valence-electron chi connectivity index (χ3n) is 3.02. The number of hydrogen-bond donors (Lipinski definition) is 1. The van der Waals surface area contributed by atoms with Gasteiger partial charge in [-0.2, -0.15) is 0 Å². The van der Waals surface area contributed by atoms with E-state index >= 15 is 0 Å². The maximum absolute atomic E-state index is 12.0. The number of aryl methyl sites for hydroxylation is 1. The van der Waals surface area contributed by atoms with E-state index in [1.54, 1.807) is 13.2 Å². The van der Waals surface area contributed by atoms with Gasteiger partial charge in [0.25, 0.3) is 0 Å². The minimum atomic E-state index is -0.442. The summed E-state index contributed by atoms with van der Waals surface area (Å²) in [5, 5.41) is 2.76. The Balaban J connectivity index is 2.00. The Morgan fingerprint density at radius 3 is 3.00 bits per heavy atom. The minimum absolute atomic E-state index is 0.0179. The predicted molar refractivity (Wildman–Crippen MR) is 73.9 cm³/mol. The number of nitrogens with zero attached hydrogens (tertiary/aromatic N) is 1. The molecular weight excluding hydrogens is 260 g/mol. The molecule has 1 fully saturated rings. The summed E-state index contributed by atoms with van der Waals surface area (Å²) in [5.41, 5.74) is 1.61. The van der Waals surface area contributed by atoms with Crippen LogP contribution >= 0.6 is 0 Å². The summed E-state index contributed by atoms with van der Waals surface area (Å²) in [6, 6.07) is 5.52. The zero-order valence-corrected chi connectivity index (χ0v) is 11.6. The Morgan fingerprint density at radius 2 is 2.30 bits per heavy atom. The van der Waals surface area contributed by atoms with Crippen LogP contribution in [0.3, 0.4) is 0 Å². The maximum Gasteiger partial charge on any atom is 0.410 e. The van der Waals surface area contributed by atoms with Crippen LogP contribution in [0.2, 0.25) is 0 Å². The lowest BCUT2D eigenvalue weighted by Gasteiger charge is -2.25. The number of carbonyl (C=O) groups excluding carboxylic acids is 2. The van der Waals surface area contributed by atoms with Crippen molar-refractivity contribution in [3.63, 3.8) is 0 Å². The first-order valence-electron chi connectivity index (χ1n) is 6.46. The number of rotatable bonds is 4. The van der Waals surface area contributed by atoms with Crippen LogP contribution in [0.4, 0.5) is 10.5 Å². The summed E-state index contributed by atoms with van der Waals surface area (Å²) >= 11 is 0. The summed E-state index contributed by atoms with van der Waals surface area (Å²) in [6.45, 7) is 2.87. The van der Waals surface area contributed by atoms with Gasteiger partial charge in [-0.3, -0.25) is 9.69 Å². The Labute approximate surface area is 117 Å². The van der Waals surface area contributed by atoms with E-state index in [1.165, 1.54) is 4.90 Å². The fourth-order valence-corrected chi connectivity index (χ4v) is 2.02. The molecule has 20 heavy (non-hydrogen) atoms. The number of nitrogens with one attached hydrogen (secondary N) is 1. The van der Waals surface area contributed by atoms with Crippen LogP contribution in [0.25, 0.3) is 0 Å². The minimum Gasteiger partial charge on any atom is -0.495 e. The van der Waals surface area contributed by atoms with Gasteiger partial charge in [0.15, 0.2) is 0 Å². The molecule has 1 saturated heterocycles. The SMILES string of the molecule is COc1ccc(C)cc1NC(=O)CN1CCCOC1=O. The van der Waals surface area contributed by atoms with Crippen molar-refractivity contribution in [2.45, 2.75) is 13.3 Å². The second-order valence-electron chi connectivity index (χ2n) is 4.64. The summed E-state index contributed by atoms with van der Waals surface area (Å²) in [7, 11) is 1.54. The molecule has 108 valence electrons. The number of amides is 2. The number of methoxy groups -OCH3 is 1. The molecule has 0 spiro atoms. The van der Waals surface area contributed by atoms with Crippen LogP contribution in [0.15, 0.2) is 18.2 Å². The van der Waals surface area contributed by atoms with Crippen molar-refractivity contribution in [3.8, 4) is 5.75 Å². The zero-order valence-electron chi connectivity index (χ0n) is 11.6. The van der Waals surface area contributed by atoms with Crippen LogP contribution in [0.1, 0.15) is 12.0 Å². The van der Waals surface area contributed by atoms with Crippen LogP contribution in [0, 0.1) is 6.92 Å². The van der Waals surface area contributed by atoms with Gasteiger partial charge in [-0.15, -0.1) is 0 Å². The van der Waals surface area contributed by atoms with E-state index < -0.39 is 6.09 Å². The van der Waals surface area contributed by atoms with Crippen LogP contribution in [0.5, 0.6) is 5.75 Å². The first-order chi connectivity index (χ1) is 9.60. The first kappa shape index (κ1) is 14.2. The largest absolute Gasteiger partial charge is 0.495 e. The van der Waals surface area contributed by atoms with Gasteiger partial charge in [-0.25, -0.2) is 4.79 Å². The molecule has 2 rings (SSSR count). The van der Waals surface area contributed by atoms with Crippen molar-refractivity contribution < 1.29 is 19.1 Å². The van der Waals surface area contributed by atoms with Gasteiger partial charge in [-0.1, -0.05) is 6.07 Å². The summed E-state index contributed by atoms with van der Waals surface area (Å²) in [4.78, 5) is 24.8. The molecule has 0 bridgehead atoms. The fourth-order valence-electron chi connectivity index (χ4n) is 2.02. The summed E-state index contributed by atoms with van der Waals surface area (Å²) in [6.07, 6.45) is 0.301. The molecule has 1 aliphatic rings. The van der Waals surface area contributed by atoms with E-state index in [2.05, 4.69) is 5.32 Å². The highest BCUT2D eigenvalue weighted by molar-refractivity contribution is 5.95. The van der Waals surface area contributed by atoms with E-state index in [0.717, 1.165) is 12.0 Å². The molecule has 2 amide bonds. The van der Waals surface area contributed by atoms with E-state index in [1.807, 2.05) is 19.1 Å². The fraction of sp³-hybridized carbons (Fsp3) is 0.429. The number of anilines is 1. The van der Waals surface area contributed by atoms with Gasteiger partial charge >= 0.3 is 6.09 Å². The van der Waals surface area contributed by atoms with Crippen LogP contribution in [-0.2, 0) is 9.53 Å². The lowest BCUT2D eigenvalue weighted by atomic mass is 10.2. The van der Waals surface area contributed by atoms with Crippen molar-refractivity contribution in [2.24, 2.45) is 0 Å². The molecule has 0 aliphatic carbocycles. The van der Waals surface area contributed by atoms with E-state index in [9.17, 15) is 9.59 Å². The molecule has 0 aromatic heterocycles. The number of benzene rings is 1. The molecule has 1 N–H and O–H groups in total. The maximum atomic E-state index is 12.0. The molecule has 1 aliphatic heterocycles. The lowest BCUT2D eigenvalue weighted by Crippen LogP contribution is -2.42. The smallest absolute Gasteiger partial charge is 0.410 e. The number of cyclic esters (lactones) is 1. The van der Waals surface area contributed by atoms with E-state index in [-0.39, 0.29) is 12.5 Å². The average Bonchev–Trinajstić information content (AvgIpc) is 2.41. The lowest BCUT2D eigenvalue weighted by molar-refractivity contribution is -0.117. The van der Waals surface area contributed by atoms with Gasteiger partial charge in [0.2, 0.25) is 5.91 Å². The highest BCUT2D eigenvalue weighted by Crippen LogP contribution is 2.25. The van der Waals surface area contributed by atoms with Gasteiger partial charge in [0, 0.05) is 6.54 Å². The highest BCUT2D eigenvalue weighted by atomic mass is 16.6. The Bertz CT molecular complexity index is 516. The summed E-state index contributed by atoms with van der Waals surface area (Å²) < 4.78 is 10.1. The van der Waals surface area contributed by atoms with Gasteiger partial charge in [0.1, 0.15) is 12.3 Å². The first-order valence-corrected chi connectivity index (χ1v) is 6.46. The average molecular weight is 278 g/mol. The highest BCUT2D eigenvalue weighted by Gasteiger charge is 2.22. The second kappa shape index (κ2) is 6.27. The molecular formula is C14H18N2O4. The van der Waals surface area contributed by atoms with E-state index in [4.69, 9.17) is 9.47 Å². The van der Waals surface area contributed by atoms with Crippen LogP contribution in [-0.4, -0.2) is 43.7 Å². The number of ether oxygens (including phenoxy) is 2. The topological polar surface area (TPSA) is 67.9 Å². The van der Waals surface area contributed by atoms with Crippen molar-refractivity contribution >= 4 is 17.7 Å². The molecule has 1 aromatic rings. The molecule has 6 nitrogen and oxygen atoms in total. The Morgan fingerprint density at radius 1 is 1.50 bits per heavy atom. The predicted octanol–water partition coefficient (Wildman–Crippen LogP) is 1.78. The normalized spacial score (nSPS) is 14.7. The molecule has 0 atom stereocenters. The zero-order chi connectivity index (χ0) is 14.5. The number of hydrogen-bond acceptors (Lipinski definition) is 4. The second-order valence-corrected chi connectivity index (χ2v) is 4.64. The van der Waals surface area contributed by atoms with E-state index in [0.29, 0.717) is 24.6 Å². The van der Waals surface area contributed by atoms with Crippen molar-refractivity contribution in [1.82, 2.24) is 4.90 Å². The van der Waals surface area contributed by atoms with Crippen molar-refractivity contribution in [2.75, 3.05) is 32.1 Å². The third-order valence-corrected chi connectivity index (χ3v) is 3.02. The quantitative estimate of drug-likeness (QED) is 0.911. The monoisotopic (exact) mass is 278 g/mol. The number of carbonyl (C=O) groups is 2. The van der Waals surface area contributed by atoms with Gasteiger partial charge in [0.05, 0.1) is 19.4 Å². The summed E-state index contributed by atoms with van der Waals surface area (Å²) in [5.74, 6) is 0.318. The third kappa shape index (κ3) is 3.40. The van der Waals surface area contributed by atoms with Gasteiger partial charge < -0.3 is 14.8 Å². The molecule has 0 unspecified atom stereocenters. The van der Waals surface area contributed by atoms with Gasteiger partial charge in [-0.05, 0) is 31.0 Å². The molecule has 0 saturated carbocycles. The Kier molecular flexibility index (Phi) is 4.45. The Hall–Kier alpha value is -2.24. The van der Waals surface area contributed by atoms with Crippen molar-refractivity contribution in [1.29, 1.82) is 0 Å². The molecule has 6 heteroatoms. The van der Waals surface area contributed by atoms with Crippen LogP contribution < -0.4 is 10.1 Å².